The monoisotopic (exact) mass is 353 g/mol. The zero-order valence-electron chi connectivity index (χ0n) is 15.5. The number of aromatic nitrogens is 1. The quantitative estimate of drug-likeness (QED) is 0.823. The van der Waals surface area contributed by atoms with E-state index < -0.39 is 0 Å². The summed E-state index contributed by atoms with van der Waals surface area (Å²) in [5.74, 6) is 1.40. The first-order chi connectivity index (χ1) is 12.6. The number of hydrogen-bond donors (Lipinski definition) is 1. The van der Waals surface area contributed by atoms with Crippen LogP contribution < -0.4 is 5.32 Å². The number of nitrogens with one attached hydrogen (secondary N) is 1. The molecule has 5 nitrogen and oxygen atoms in total. The lowest BCUT2D eigenvalue weighted by atomic mass is 10.1. The van der Waals surface area contributed by atoms with Gasteiger partial charge in [0, 0.05) is 24.8 Å². The molecule has 1 atom stereocenters. The Hall–Kier alpha value is -2.56. The molecule has 1 N–H and O–H groups in total. The topological polar surface area (TPSA) is 54.5 Å². The summed E-state index contributed by atoms with van der Waals surface area (Å²) >= 11 is 0. The van der Waals surface area contributed by atoms with E-state index in [1.54, 1.807) is 6.20 Å². The van der Waals surface area contributed by atoms with Gasteiger partial charge in [-0.2, -0.15) is 0 Å². The fourth-order valence-electron chi connectivity index (χ4n) is 3.25. The molecule has 1 saturated heterocycles. The smallest absolute Gasteiger partial charge is 0.410 e. The molecule has 1 aromatic carbocycles. The average Bonchev–Trinajstić information content (AvgIpc) is 3.15. The maximum Gasteiger partial charge on any atom is 0.410 e. The van der Waals surface area contributed by atoms with Gasteiger partial charge in [-0.05, 0) is 30.4 Å². The van der Waals surface area contributed by atoms with E-state index in [4.69, 9.17) is 4.74 Å². The van der Waals surface area contributed by atoms with Crippen LogP contribution in [0.3, 0.4) is 0 Å². The van der Waals surface area contributed by atoms with Gasteiger partial charge >= 0.3 is 6.09 Å². The van der Waals surface area contributed by atoms with Crippen molar-refractivity contribution in [2.45, 2.75) is 39.3 Å². The van der Waals surface area contributed by atoms with Crippen LogP contribution in [0.15, 0.2) is 48.7 Å². The number of pyridine rings is 1. The molecule has 1 aliphatic heterocycles. The molecule has 2 aromatic rings. The van der Waals surface area contributed by atoms with Gasteiger partial charge in [0.2, 0.25) is 0 Å². The van der Waals surface area contributed by atoms with Crippen molar-refractivity contribution < 1.29 is 9.53 Å². The largest absolute Gasteiger partial charge is 0.445 e. The van der Waals surface area contributed by atoms with Gasteiger partial charge in [0.25, 0.3) is 0 Å². The average molecular weight is 353 g/mol. The molecule has 0 aliphatic carbocycles. The van der Waals surface area contributed by atoms with E-state index in [2.05, 4.69) is 30.2 Å². The molecular weight excluding hydrogens is 326 g/mol. The second-order valence-corrected chi connectivity index (χ2v) is 7.11. The number of rotatable bonds is 6. The van der Waals surface area contributed by atoms with Gasteiger partial charge in [0.05, 0.1) is 6.04 Å². The molecule has 0 radical (unpaired) electrons. The van der Waals surface area contributed by atoms with Crippen LogP contribution in [0.2, 0.25) is 0 Å². The van der Waals surface area contributed by atoms with Gasteiger partial charge in [0.15, 0.2) is 0 Å². The Morgan fingerprint density at radius 2 is 2.08 bits per heavy atom. The van der Waals surface area contributed by atoms with Crippen LogP contribution in [0.25, 0.3) is 0 Å². The minimum Gasteiger partial charge on any atom is -0.445 e. The Balaban J connectivity index is 1.69. The third-order valence-corrected chi connectivity index (χ3v) is 4.57. The van der Waals surface area contributed by atoms with Crippen molar-refractivity contribution in [3.8, 4) is 0 Å². The van der Waals surface area contributed by atoms with Crippen molar-refractivity contribution in [3.63, 3.8) is 0 Å². The highest BCUT2D eigenvalue weighted by Gasteiger charge is 2.32. The number of amides is 1. The Bertz CT molecular complexity index is 718. The van der Waals surface area contributed by atoms with Gasteiger partial charge in [-0.3, -0.25) is 0 Å². The number of likely N-dealkylation sites (tertiary alicyclic amines) is 1. The molecule has 3 rings (SSSR count). The summed E-state index contributed by atoms with van der Waals surface area (Å²) in [6, 6.07) is 13.8. The van der Waals surface area contributed by atoms with E-state index in [0.29, 0.717) is 12.5 Å². The maximum absolute atomic E-state index is 12.6. The van der Waals surface area contributed by atoms with Crippen LogP contribution >= 0.6 is 0 Å². The van der Waals surface area contributed by atoms with Crippen molar-refractivity contribution in [1.82, 2.24) is 9.88 Å². The molecule has 1 aliphatic rings. The van der Waals surface area contributed by atoms with E-state index in [0.717, 1.165) is 42.9 Å². The van der Waals surface area contributed by atoms with E-state index in [1.807, 2.05) is 41.3 Å². The van der Waals surface area contributed by atoms with Crippen LogP contribution in [-0.4, -0.2) is 29.1 Å². The first-order valence-corrected chi connectivity index (χ1v) is 9.31. The van der Waals surface area contributed by atoms with E-state index in [-0.39, 0.29) is 12.1 Å². The second kappa shape index (κ2) is 8.70. The van der Waals surface area contributed by atoms with Gasteiger partial charge in [-0.15, -0.1) is 0 Å². The van der Waals surface area contributed by atoms with Crippen LogP contribution in [0, 0.1) is 5.92 Å². The number of ether oxygens (including phenoxy) is 1. The van der Waals surface area contributed by atoms with E-state index in [1.165, 1.54) is 0 Å². The van der Waals surface area contributed by atoms with Crippen molar-refractivity contribution in [3.05, 3.63) is 59.8 Å². The van der Waals surface area contributed by atoms with Crippen molar-refractivity contribution >= 4 is 11.9 Å². The Labute approximate surface area is 155 Å². The Morgan fingerprint density at radius 1 is 1.27 bits per heavy atom. The summed E-state index contributed by atoms with van der Waals surface area (Å²) in [6.45, 7) is 6.21. The summed E-state index contributed by atoms with van der Waals surface area (Å²) in [5, 5.41) is 3.42. The Kier molecular flexibility index (Phi) is 6.10. The molecule has 1 fully saturated rings. The second-order valence-electron chi connectivity index (χ2n) is 7.11. The molecular formula is C21H27N3O2. The van der Waals surface area contributed by atoms with Gasteiger partial charge in [0.1, 0.15) is 12.4 Å². The number of benzene rings is 1. The fraction of sp³-hybridized carbons (Fsp3) is 0.429. The first-order valence-electron chi connectivity index (χ1n) is 9.31. The number of nitrogens with zero attached hydrogens (tertiary/aromatic N) is 2. The molecule has 2 heterocycles. The standard InChI is InChI=1S/C21H27N3O2/c1-16(2)14-23-20-18(10-6-12-22-20)19-11-7-13-24(19)21(25)26-15-17-8-4-3-5-9-17/h3-6,8-10,12,16,19H,7,11,13-15H2,1-2H3,(H,22,23). The molecule has 0 bridgehead atoms. The first kappa shape index (κ1) is 18.2. The lowest BCUT2D eigenvalue weighted by Crippen LogP contribution is -2.31. The number of hydrogen-bond acceptors (Lipinski definition) is 4. The Morgan fingerprint density at radius 3 is 2.85 bits per heavy atom. The number of anilines is 1. The molecule has 138 valence electrons. The summed E-state index contributed by atoms with van der Waals surface area (Å²) in [6.07, 6.45) is 3.45. The zero-order valence-corrected chi connectivity index (χ0v) is 15.5. The molecule has 0 spiro atoms. The lowest BCUT2D eigenvalue weighted by molar-refractivity contribution is 0.0921. The molecule has 26 heavy (non-hydrogen) atoms. The predicted octanol–water partition coefficient (Wildman–Crippen LogP) is 4.62. The third kappa shape index (κ3) is 4.54. The van der Waals surface area contributed by atoms with Crippen molar-refractivity contribution in [2.75, 3.05) is 18.4 Å². The van der Waals surface area contributed by atoms with E-state index in [9.17, 15) is 4.79 Å². The third-order valence-electron chi connectivity index (χ3n) is 4.57. The molecule has 1 amide bonds. The minimum atomic E-state index is -0.255. The highest BCUT2D eigenvalue weighted by molar-refractivity contribution is 5.69. The highest BCUT2D eigenvalue weighted by Crippen LogP contribution is 2.35. The summed E-state index contributed by atoms with van der Waals surface area (Å²) in [7, 11) is 0. The molecule has 5 heteroatoms. The predicted molar refractivity (Wildman–Crippen MR) is 103 cm³/mol. The van der Waals surface area contributed by atoms with E-state index >= 15 is 0 Å². The van der Waals surface area contributed by atoms with Gasteiger partial charge in [-0.25, -0.2) is 9.78 Å². The molecule has 1 unspecified atom stereocenters. The highest BCUT2D eigenvalue weighted by atomic mass is 16.6. The van der Waals surface area contributed by atoms with Crippen LogP contribution in [0.1, 0.15) is 43.9 Å². The van der Waals surface area contributed by atoms with Gasteiger partial charge < -0.3 is 15.0 Å². The molecule has 0 saturated carbocycles. The zero-order chi connectivity index (χ0) is 18.4. The summed E-state index contributed by atoms with van der Waals surface area (Å²) < 4.78 is 5.55. The van der Waals surface area contributed by atoms with Crippen molar-refractivity contribution in [2.24, 2.45) is 5.92 Å². The minimum absolute atomic E-state index is 0.0154. The SMILES string of the molecule is CC(C)CNc1ncccc1C1CCCN1C(=O)OCc1ccccc1. The summed E-state index contributed by atoms with van der Waals surface area (Å²) in [5.41, 5.74) is 2.07. The molecule has 1 aromatic heterocycles. The fourth-order valence-corrected chi connectivity index (χ4v) is 3.25. The van der Waals surface area contributed by atoms with Gasteiger partial charge in [-0.1, -0.05) is 50.2 Å². The summed E-state index contributed by atoms with van der Waals surface area (Å²) in [4.78, 5) is 19.0. The van der Waals surface area contributed by atoms with Crippen LogP contribution in [0.4, 0.5) is 10.6 Å². The lowest BCUT2D eigenvalue weighted by Gasteiger charge is -2.26. The van der Waals surface area contributed by atoms with Crippen LogP contribution in [0.5, 0.6) is 0 Å². The number of carbonyl (C=O) groups is 1. The normalized spacial score (nSPS) is 16.7. The van der Waals surface area contributed by atoms with Crippen LogP contribution in [-0.2, 0) is 11.3 Å². The number of carbonyl (C=O) groups excluding carboxylic acids is 1. The maximum atomic E-state index is 12.6. The van der Waals surface area contributed by atoms with Crippen molar-refractivity contribution in [1.29, 1.82) is 0 Å².